The van der Waals surface area contributed by atoms with Crippen LogP contribution in [-0.2, 0) is 6.42 Å². The van der Waals surface area contributed by atoms with E-state index in [0.29, 0.717) is 23.2 Å². The van der Waals surface area contributed by atoms with E-state index < -0.39 is 0 Å². The summed E-state index contributed by atoms with van der Waals surface area (Å²) in [6.45, 7) is 1.89. The van der Waals surface area contributed by atoms with Gasteiger partial charge in [0.05, 0.1) is 12.1 Å². The summed E-state index contributed by atoms with van der Waals surface area (Å²) in [6, 6.07) is 14.7. The van der Waals surface area contributed by atoms with E-state index in [1.54, 1.807) is 4.90 Å². The Morgan fingerprint density at radius 1 is 1.07 bits per heavy atom. The first-order valence-corrected chi connectivity index (χ1v) is 9.11. The first kappa shape index (κ1) is 18.5. The standard InChI is InChI=1S/C20H23N7/c21-8-12-27(13-9-22)20-18(23)19(24-15-25-20)26-10-6-17(7-11-26)14-16-4-2-1-3-5-16/h1-5,15,17H,6-7,10-14,23H2. The molecule has 2 aromatic rings. The van der Waals surface area contributed by atoms with Gasteiger partial charge < -0.3 is 15.5 Å². The topological polar surface area (TPSA) is 106 Å². The van der Waals surface area contributed by atoms with Crippen molar-refractivity contribution in [2.75, 3.05) is 41.7 Å². The van der Waals surface area contributed by atoms with Crippen molar-refractivity contribution in [3.8, 4) is 12.1 Å². The molecule has 0 unspecified atom stereocenters. The van der Waals surface area contributed by atoms with Crippen LogP contribution in [0.3, 0.4) is 0 Å². The zero-order valence-corrected chi connectivity index (χ0v) is 15.3. The number of nitrogens with two attached hydrogens (primary N) is 1. The molecule has 27 heavy (non-hydrogen) atoms. The van der Waals surface area contributed by atoms with Crippen molar-refractivity contribution in [1.29, 1.82) is 10.5 Å². The summed E-state index contributed by atoms with van der Waals surface area (Å²) < 4.78 is 0. The molecule has 2 heterocycles. The molecule has 1 aliphatic rings. The Balaban J connectivity index is 1.68. The number of anilines is 3. The van der Waals surface area contributed by atoms with Gasteiger partial charge in [0.1, 0.15) is 25.1 Å². The average molecular weight is 361 g/mol. The largest absolute Gasteiger partial charge is 0.393 e. The van der Waals surface area contributed by atoms with Crippen LogP contribution in [0.15, 0.2) is 36.7 Å². The van der Waals surface area contributed by atoms with Gasteiger partial charge in [-0.05, 0) is 30.7 Å². The third-order valence-electron chi connectivity index (χ3n) is 4.95. The number of nitrogens with zero attached hydrogens (tertiary/aromatic N) is 6. The fourth-order valence-corrected chi connectivity index (χ4v) is 3.55. The molecule has 0 saturated carbocycles. The Hall–Kier alpha value is -3.32. The van der Waals surface area contributed by atoms with Crippen molar-refractivity contribution in [1.82, 2.24) is 9.97 Å². The third kappa shape index (κ3) is 4.45. The van der Waals surface area contributed by atoms with Crippen LogP contribution in [0.5, 0.6) is 0 Å². The fourth-order valence-electron chi connectivity index (χ4n) is 3.55. The number of nitrogen functional groups attached to an aromatic ring is 1. The minimum absolute atomic E-state index is 0.0629. The summed E-state index contributed by atoms with van der Waals surface area (Å²) in [5.74, 6) is 1.80. The minimum atomic E-state index is 0.0629. The summed E-state index contributed by atoms with van der Waals surface area (Å²) in [6.07, 6.45) is 4.71. The SMILES string of the molecule is N#CCN(CC#N)c1ncnc(N2CCC(Cc3ccccc3)CC2)c1N. The van der Waals surface area contributed by atoms with E-state index in [-0.39, 0.29) is 13.1 Å². The molecule has 1 aromatic carbocycles. The molecule has 1 fully saturated rings. The molecule has 2 N–H and O–H groups in total. The maximum absolute atomic E-state index is 8.99. The zero-order valence-electron chi connectivity index (χ0n) is 15.3. The predicted octanol–water partition coefficient (Wildman–Crippen LogP) is 2.37. The van der Waals surface area contributed by atoms with E-state index in [4.69, 9.17) is 16.3 Å². The molecule has 7 nitrogen and oxygen atoms in total. The highest BCUT2D eigenvalue weighted by atomic mass is 15.3. The number of hydrogen-bond donors (Lipinski definition) is 1. The smallest absolute Gasteiger partial charge is 0.159 e. The second kappa shape index (κ2) is 8.86. The predicted molar refractivity (Wildman–Crippen MR) is 105 cm³/mol. The van der Waals surface area contributed by atoms with Crippen LogP contribution in [0.1, 0.15) is 18.4 Å². The Morgan fingerprint density at radius 3 is 2.37 bits per heavy atom. The number of benzene rings is 1. The highest BCUT2D eigenvalue weighted by Gasteiger charge is 2.24. The molecule has 138 valence electrons. The fraction of sp³-hybridized carbons (Fsp3) is 0.400. The van der Waals surface area contributed by atoms with E-state index in [1.165, 1.54) is 11.9 Å². The molecule has 1 aliphatic heterocycles. The van der Waals surface area contributed by atoms with E-state index in [2.05, 4.69) is 51.3 Å². The van der Waals surface area contributed by atoms with Gasteiger partial charge in [0.2, 0.25) is 0 Å². The lowest BCUT2D eigenvalue weighted by Crippen LogP contribution is -2.36. The highest BCUT2D eigenvalue weighted by molar-refractivity contribution is 5.76. The lowest BCUT2D eigenvalue weighted by atomic mass is 9.90. The Morgan fingerprint density at radius 2 is 1.74 bits per heavy atom. The third-order valence-corrected chi connectivity index (χ3v) is 4.95. The Kier molecular flexibility index (Phi) is 6.06. The van der Waals surface area contributed by atoms with Gasteiger partial charge in [-0.3, -0.25) is 0 Å². The van der Waals surface area contributed by atoms with Gasteiger partial charge in [-0.15, -0.1) is 0 Å². The lowest BCUT2D eigenvalue weighted by molar-refractivity contribution is 0.402. The van der Waals surface area contributed by atoms with E-state index in [1.807, 2.05) is 6.07 Å². The molecule has 0 bridgehead atoms. The molecule has 7 heteroatoms. The minimum Gasteiger partial charge on any atom is -0.393 e. The van der Waals surface area contributed by atoms with Crippen molar-refractivity contribution in [2.45, 2.75) is 19.3 Å². The quantitative estimate of drug-likeness (QED) is 0.787. The summed E-state index contributed by atoms with van der Waals surface area (Å²) in [5.41, 5.74) is 8.12. The monoisotopic (exact) mass is 361 g/mol. The van der Waals surface area contributed by atoms with Crippen molar-refractivity contribution < 1.29 is 0 Å². The number of piperidine rings is 1. The van der Waals surface area contributed by atoms with Crippen LogP contribution in [-0.4, -0.2) is 36.1 Å². The molecule has 0 spiro atoms. The van der Waals surface area contributed by atoms with Crippen molar-refractivity contribution in [3.63, 3.8) is 0 Å². The first-order chi connectivity index (χ1) is 13.2. The van der Waals surface area contributed by atoms with Crippen LogP contribution in [0.25, 0.3) is 0 Å². The summed E-state index contributed by atoms with van der Waals surface area (Å²) in [5, 5.41) is 18.0. The molecule has 0 amide bonds. The molecule has 0 radical (unpaired) electrons. The van der Waals surface area contributed by atoms with Gasteiger partial charge in [-0.25, -0.2) is 9.97 Å². The first-order valence-electron chi connectivity index (χ1n) is 9.11. The van der Waals surface area contributed by atoms with Gasteiger partial charge in [-0.1, -0.05) is 30.3 Å². The van der Waals surface area contributed by atoms with Crippen LogP contribution in [0.2, 0.25) is 0 Å². The molecular formula is C20H23N7. The second-order valence-electron chi connectivity index (χ2n) is 6.73. The number of rotatable bonds is 6. The van der Waals surface area contributed by atoms with Gasteiger partial charge in [0, 0.05) is 13.1 Å². The van der Waals surface area contributed by atoms with Crippen LogP contribution in [0.4, 0.5) is 17.3 Å². The summed E-state index contributed by atoms with van der Waals surface area (Å²) >= 11 is 0. The number of aromatic nitrogens is 2. The number of nitriles is 2. The molecule has 1 saturated heterocycles. The van der Waals surface area contributed by atoms with Crippen LogP contribution >= 0.6 is 0 Å². The highest BCUT2D eigenvalue weighted by Crippen LogP contribution is 2.32. The lowest BCUT2D eigenvalue weighted by Gasteiger charge is -2.34. The molecule has 0 aliphatic carbocycles. The molecule has 1 aromatic heterocycles. The normalized spacial score (nSPS) is 14.4. The number of hydrogen-bond acceptors (Lipinski definition) is 7. The van der Waals surface area contributed by atoms with Crippen LogP contribution < -0.4 is 15.5 Å². The summed E-state index contributed by atoms with van der Waals surface area (Å²) in [7, 11) is 0. The average Bonchev–Trinajstić information content (AvgIpc) is 2.70. The zero-order chi connectivity index (χ0) is 19.1. The van der Waals surface area contributed by atoms with Crippen LogP contribution in [0, 0.1) is 28.6 Å². The van der Waals surface area contributed by atoms with Crippen molar-refractivity contribution >= 4 is 17.3 Å². The van der Waals surface area contributed by atoms with E-state index >= 15 is 0 Å². The summed E-state index contributed by atoms with van der Waals surface area (Å²) in [4.78, 5) is 12.3. The van der Waals surface area contributed by atoms with Gasteiger partial charge in [0.15, 0.2) is 11.6 Å². The van der Waals surface area contributed by atoms with Gasteiger partial charge >= 0.3 is 0 Å². The Labute approximate surface area is 159 Å². The van der Waals surface area contributed by atoms with Crippen molar-refractivity contribution in [2.24, 2.45) is 5.92 Å². The Bertz CT molecular complexity index is 814. The van der Waals surface area contributed by atoms with E-state index in [0.717, 1.165) is 32.4 Å². The maximum atomic E-state index is 8.99. The molecule has 0 atom stereocenters. The van der Waals surface area contributed by atoms with Crippen molar-refractivity contribution in [3.05, 3.63) is 42.2 Å². The van der Waals surface area contributed by atoms with E-state index in [9.17, 15) is 0 Å². The maximum Gasteiger partial charge on any atom is 0.159 e. The molecule has 3 rings (SSSR count). The molecular weight excluding hydrogens is 338 g/mol. The van der Waals surface area contributed by atoms with Gasteiger partial charge in [0.25, 0.3) is 0 Å². The second-order valence-corrected chi connectivity index (χ2v) is 6.73. The van der Waals surface area contributed by atoms with Gasteiger partial charge in [-0.2, -0.15) is 10.5 Å².